The van der Waals surface area contributed by atoms with E-state index in [9.17, 15) is 9.18 Å². The molecule has 160 valence electrons. The molecule has 0 saturated carbocycles. The Morgan fingerprint density at radius 2 is 2.16 bits per heavy atom. The standard InChI is InChI=1S/C22H21FN4O2S2/c1-2-29-14-8-9-16-18(11-14)30-21(24-16)26-20(28)13-5-4-10-27(12-13)22-25-19-15(23)6-3-7-17(19)31-22/h3,6-9,11,13H,2,4-5,10,12H2,1H3,(H,24,26,28). The minimum absolute atomic E-state index is 0.0407. The molecule has 0 radical (unpaired) electrons. The summed E-state index contributed by atoms with van der Waals surface area (Å²) in [4.78, 5) is 24.0. The molecule has 31 heavy (non-hydrogen) atoms. The van der Waals surface area contributed by atoms with Crippen LogP contribution in [0.4, 0.5) is 14.7 Å². The lowest BCUT2D eigenvalue weighted by molar-refractivity contribution is -0.120. The van der Waals surface area contributed by atoms with Gasteiger partial charge >= 0.3 is 0 Å². The first-order valence-electron chi connectivity index (χ1n) is 10.2. The molecule has 9 heteroatoms. The summed E-state index contributed by atoms with van der Waals surface area (Å²) in [5, 5.41) is 4.34. The van der Waals surface area contributed by atoms with Crippen molar-refractivity contribution in [1.82, 2.24) is 9.97 Å². The molecule has 0 aliphatic carbocycles. The quantitative estimate of drug-likeness (QED) is 0.441. The Morgan fingerprint density at radius 3 is 3.00 bits per heavy atom. The number of nitrogens with zero attached hydrogens (tertiary/aromatic N) is 3. The number of rotatable bonds is 5. The molecule has 4 aromatic rings. The number of thiazole rings is 2. The number of hydrogen-bond donors (Lipinski definition) is 1. The van der Waals surface area contributed by atoms with E-state index in [2.05, 4.69) is 20.2 Å². The molecule has 2 aromatic carbocycles. The second-order valence-corrected chi connectivity index (χ2v) is 9.48. The highest BCUT2D eigenvalue weighted by molar-refractivity contribution is 7.22. The highest BCUT2D eigenvalue weighted by Crippen LogP contribution is 2.34. The van der Waals surface area contributed by atoms with E-state index in [4.69, 9.17) is 4.74 Å². The van der Waals surface area contributed by atoms with Crippen LogP contribution in [-0.4, -0.2) is 35.6 Å². The number of halogens is 1. The number of anilines is 2. The van der Waals surface area contributed by atoms with Crippen molar-refractivity contribution in [2.75, 3.05) is 29.9 Å². The molecule has 1 N–H and O–H groups in total. The zero-order valence-corrected chi connectivity index (χ0v) is 18.6. The Morgan fingerprint density at radius 1 is 1.26 bits per heavy atom. The molecule has 1 saturated heterocycles. The first kappa shape index (κ1) is 20.1. The van der Waals surface area contributed by atoms with Crippen molar-refractivity contribution in [2.24, 2.45) is 5.92 Å². The SMILES string of the molecule is CCOc1ccc2nc(NC(=O)C3CCCN(c4nc5c(F)cccc5s4)C3)sc2c1. The Balaban J connectivity index is 1.30. The summed E-state index contributed by atoms with van der Waals surface area (Å²) >= 11 is 2.91. The van der Waals surface area contributed by atoms with E-state index in [1.165, 1.54) is 28.7 Å². The number of piperidine rings is 1. The lowest BCUT2D eigenvalue weighted by Crippen LogP contribution is -2.40. The van der Waals surface area contributed by atoms with Gasteiger partial charge in [-0.25, -0.2) is 14.4 Å². The maximum Gasteiger partial charge on any atom is 0.231 e. The third-order valence-corrected chi connectivity index (χ3v) is 7.34. The van der Waals surface area contributed by atoms with E-state index >= 15 is 0 Å². The molecule has 6 nitrogen and oxygen atoms in total. The molecule has 1 unspecified atom stereocenters. The van der Waals surface area contributed by atoms with Crippen LogP contribution in [0.2, 0.25) is 0 Å². The highest BCUT2D eigenvalue weighted by atomic mass is 32.1. The van der Waals surface area contributed by atoms with E-state index < -0.39 is 0 Å². The number of amides is 1. The number of carbonyl (C=O) groups excluding carboxylic acids is 1. The predicted octanol–water partition coefficient (Wildman–Crippen LogP) is 5.30. The molecule has 1 aliphatic heterocycles. The number of fused-ring (bicyclic) bond motifs is 2. The van der Waals surface area contributed by atoms with E-state index in [0.717, 1.165) is 45.2 Å². The maximum atomic E-state index is 14.0. The third-order valence-electron chi connectivity index (χ3n) is 5.32. The second kappa shape index (κ2) is 8.39. The average molecular weight is 457 g/mol. The van der Waals surface area contributed by atoms with Gasteiger partial charge in [-0.2, -0.15) is 0 Å². The molecule has 0 bridgehead atoms. The van der Waals surface area contributed by atoms with Crippen molar-refractivity contribution in [3.05, 3.63) is 42.2 Å². The normalized spacial score (nSPS) is 16.7. The van der Waals surface area contributed by atoms with Crippen molar-refractivity contribution >= 4 is 59.3 Å². The number of para-hydroxylation sites is 1. The molecule has 1 fully saturated rings. The smallest absolute Gasteiger partial charge is 0.231 e. The zero-order valence-electron chi connectivity index (χ0n) is 16.9. The average Bonchev–Trinajstić information content (AvgIpc) is 3.38. The van der Waals surface area contributed by atoms with Crippen LogP contribution in [0, 0.1) is 11.7 Å². The van der Waals surface area contributed by atoms with Crippen LogP contribution < -0.4 is 15.0 Å². The van der Waals surface area contributed by atoms with Crippen molar-refractivity contribution in [2.45, 2.75) is 19.8 Å². The van der Waals surface area contributed by atoms with Crippen LogP contribution in [0.15, 0.2) is 36.4 Å². The summed E-state index contributed by atoms with van der Waals surface area (Å²) in [7, 11) is 0. The molecule has 2 aromatic heterocycles. The molecular formula is C22H21FN4O2S2. The topological polar surface area (TPSA) is 67.3 Å². The fourth-order valence-corrected chi connectivity index (χ4v) is 5.74. The van der Waals surface area contributed by atoms with Crippen LogP contribution in [0.5, 0.6) is 5.75 Å². The number of benzene rings is 2. The van der Waals surface area contributed by atoms with Gasteiger partial charge in [-0.1, -0.05) is 28.7 Å². The van der Waals surface area contributed by atoms with E-state index in [0.29, 0.717) is 23.8 Å². The van der Waals surface area contributed by atoms with Gasteiger partial charge < -0.3 is 15.0 Å². The Hall–Kier alpha value is -2.78. The summed E-state index contributed by atoms with van der Waals surface area (Å²) in [6, 6.07) is 10.7. The van der Waals surface area contributed by atoms with Crippen molar-refractivity contribution in [3.8, 4) is 5.75 Å². The van der Waals surface area contributed by atoms with Gasteiger partial charge in [0.05, 0.1) is 27.4 Å². The molecular weight excluding hydrogens is 435 g/mol. The summed E-state index contributed by atoms with van der Waals surface area (Å²) in [5.74, 6) is 0.277. The number of aromatic nitrogens is 2. The van der Waals surface area contributed by atoms with Crippen LogP contribution in [0.25, 0.3) is 20.4 Å². The largest absolute Gasteiger partial charge is 0.494 e. The van der Waals surface area contributed by atoms with Crippen molar-refractivity contribution in [3.63, 3.8) is 0 Å². The lowest BCUT2D eigenvalue weighted by Gasteiger charge is -2.31. The molecule has 1 amide bonds. The van der Waals surface area contributed by atoms with Crippen LogP contribution in [-0.2, 0) is 4.79 Å². The highest BCUT2D eigenvalue weighted by Gasteiger charge is 2.28. The monoisotopic (exact) mass is 456 g/mol. The van der Waals surface area contributed by atoms with Crippen LogP contribution >= 0.6 is 22.7 Å². The first-order chi connectivity index (χ1) is 15.1. The summed E-state index contributed by atoms with van der Waals surface area (Å²) in [5.41, 5.74) is 1.24. The first-order valence-corrected chi connectivity index (χ1v) is 11.9. The van der Waals surface area contributed by atoms with Gasteiger partial charge in [0.15, 0.2) is 10.3 Å². The van der Waals surface area contributed by atoms with E-state index in [-0.39, 0.29) is 17.6 Å². The fraction of sp³-hybridized carbons (Fsp3) is 0.318. The minimum atomic E-state index is -0.311. The number of hydrogen-bond acceptors (Lipinski definition) is 7. The Kier molecular flexibility index (Phi) is 5.45. The van der Waals surface area contributed by atoms with Gasteiger partial charge in [0, 0.05) is 13.1 Å². The van der Waals surface area contributed by atoms with Crippen LogP contribution in [0.3, 0.4) is 0 Å². The van der Waals surface area contributed by atoms with Gasteiger partial charge in [0.25, 0.3) is 0 Å². The van der Waals surface area contributed by atoms with Gasteiger partial charge in [-0.15, -0.1) is 0 Å². The Labute approximate surface area is 186 Å². The molecule has 1 aliphatic rings. The lowest BCUT2D eigenvalue weighted by atomic mass is 9.97. The van der Waals surface area contributed by atoms with Gasteiger partial charge in [-0.3, -0.25) is 4.79 Å². The summed E-state index contributed by atoms with van der Waals surface area (Å²) in [6.07, 6.45) is 1.69. The van der Waals surface area contributed by atoms with Crippen LogP contribution in [0.1, 0.15) is 19.8 Å². The van der Waals surface area contributed by atoms with Gasteiger partial charge in [0.2, 0.25) is 5.91 Å². The molecule has 1 atom stereocenters. The maximum absolute atomic E-state index is 14.0. The number of carbonyl (C=O) groups is 1. The van der Waals surface area contributed by atoms with E-state index in [1.807, 2.05) is 31.2 Å². The predicted molar refractivity (Wildman–Crippen MR) is 124 cm³/mol. The zero-order chi connectivity index (χ0) is 21.4. The van der Waals surface area contributed by atoms with Crippen molar-refractivity contribution < 1.29 is 13.9 Å². The van der Waals surface area contributed by atoms with Gasteiger partial charge in [-0.05, 0) is 50.1 Å². The number of nitrogens with one attached hydrogen (secondary N) is 1. The molecule has 5 rings (SSSR count). The van der Waals surface area contributed by atoms with Crippen molar-refractivity contribution in [1.29, 1.82) is 0 Å². The molecule has 3 heterocycles. The van der Waals surface area contributed by atoms with E-state index in [1.54, 1.807) is 6.07 Å². The molecule has 0 spiro atoms. The summed E-state index contributed by atoms with van der Waals surface area (Å²) in [6.45, 7) is 3.92. The van der Waals surface area contributed by atoms with Gasteiger partial charge in [0.1, 0.15) is 17.1 Å². The third kappa shape index (κ3) is 4.07. The fourth-order valence-electron chi connectivity index (χ4n) is 3.83. The second-order valence-electron chi connectivity index (χ2n) is 7.44. The minimum Gasteiger partial charge on any atom is -0.494 e. The summed E-state index contributed by atoms with van der Waals surface area (Å²) < 4.78 is 21.4. The number of ether oxygens (including phenoxy) is 1. The Bertz CT molecular complexity index is 1260.